The minimum Gasteiger partial charge on any atom is -0.477 e. The van der Waals surface area contributed by atoms with Gasteiger partial charge in [-0.3, -0.25) is 9.59 Å². The molecule has 0 bridgehead atoms. The van der Waals surface area contributed by atoms with Crippen molar-refractivity contribution in [1.82, 2.24) is 0 Å². The predicted octanol–water partition coefficient (Wildman–Crippen LogP) is 14.3. The van der Waals surface area contributed by atoms with Crippen molar-refractivity contribution >= 4 is 17.9 Å². The van der Waals surface area contributed by atoms with Gasteiger partial charge < -0.3 is 23.8 Å². The maximum atomic E-state index is 12.8. The number of carbonyl (C=O) groups is 3. The molecule has 59 heavy (non-hydrogen) atoms. The maximum Gasteiger partial charge on any atom is 0.362 e. The lowest BCUT2D eigenvalue weighted by atomic mass is 10.0. The fourth-order valence-electron chi connectivity index (χ4n) is 7.74. The first kappa shape index (κ1) is 57.1. The smallest absolute Gasteiger partial charge is 0.362 e. The summed E-state index contributed by atoms with van der Waals surface area (Å²) in [6.45, 7) is 4.74. The van der Waals surface area contributed by atoms with Crippen molar-refractivity contribution in [3.05, 3.63) is 12.2 Å². The van der Waals surface area contributed by atoms with E-state index in [-0.39, 0.29) is 36.2 Å². The third-order valence-electron chi connectivity index (χ3n) is 11.7. The van der Waals surface area contributed by atoms with E-state index in [4.69, 9.17) is 14.2 Å². The second kappa shape index (κ2) is 42.7. The number of rotatable bonds is 46. The van der Waals surface area contributed by atoms with Gasteiger partial charge >= 0.3 is 17.9 Å². The van der Waals surface area contributed by atoms with E-state index >= 15 is 0 Å². The summed E-state index contributed by atoms with van der Waals surface area (Å²) in [6.07, 6.45) is 47.0. The molecule has 0 saturated heterocycles. The molecule has 8 heteroatoms. The molecule has 348 valence electrons. The first-order valence-electron chi connectivity index (χ1n) is 25.2. The van der Waals surface area contributed by atoms with Crippen LogP contribution in [0.1, 0.15) is 245 Å². The number of hydrogen-bond acceptors (Lipinski definition) is 6. The Morgan fingerprint density at radius 2 is 0.847 bits per heavy atom. The van der Waals surface area contributed by atoms with E-state index in [1.165, 1.54) is 167 Å². The molecule has 0 aromatic rings. The average Bonchev–Trinajstić information content (AvgIpc) is 3.19. The number of carbonyl (C=O) groups excluding carboxylic acids is 2. The molecule has 0 aliphatic carbocycles. The van der Waals surface area contributed by atoms with E-state index in [1.807, 2.05) is 21.1 Å². The summed E-state index contributed by atoms with van der Waals surface area (Å²) in [7, 11) is 5.54. The van der Waals surface area contributed by atoms with Crippen LogP contribution >= 0.6 is 0 Å². The fourth-order valence-corrected chi connectivity index (χ4v) is 7.74. The zero-order valence-corrected chi connectivity index (χ0v) is 39.7. The molecule has 0 aromatic heterocycles. The lowest BCUT2D eigenvalue weighted by molar-refractivity contribution is -0.887. The van der Waals surface area contributed by atoms with Crippen molar-refractivity contribution in [1.29, 1.82) is 0 Å². The van der Waals surface area contributed by atoms with Crippen LogP contribution in [0.3, 0.4) is 0 Å². The third kappa shape index (κ3) is 41.2. The van der Waals surface area contributed by atoms with E-state index in [9.17, 15) is 19.5 Å². The zero-order valence-electron chi connectivity index (χ0n) is 39.7. The molecule has 0 amide bonds. The predicted molar refractivity (Wildman–Crippen MR) is 248 cm³/mol. The Bertz CT molecular complexity index is 978. The molecule has 0 radical (unpaired) electrons. The number of hydrogen-bond donors (Lipinski definition) is 1. The van der Waals surface area contributed by atoms with Gasteiger partial charge in [0.1, 0.15) is 6.61 Å². The van der Waals surface area contributed by atoms with Gasteiger partial charge in [0.05, 0.1) is 34.4 Å². The number of aliphatic carboxylic acids is 1. The molecule has 0 rings (SSSR count). The number of carboxylic acids is 1. The van der Waals surface area contributed by atoms with Crippen molar-refractivity contribution in [3.63, 3.8) is 0 Å². The second-order valence-corrected chi connectivity index (χ2v) is 18.4. The summed E-state index contributed by atoms with van der Waals surface area (Å²) in [4.78, 5) is 37.0. The van der Waals surface area contributed by atoms with E-state index in [0.29, 0.717) is 19.3 Å². The summed E-state index contributed by atoms with van der Waals surface area (Å²) in [5.74, 6) is -1.46. The number of quaternary nitrogens is 1. The molecule has 0 heterocycles. The van der Waals surface area contributed by atoms with Crippen LogP contribution in [0.15, 0.2) is 12.2 Å². The van der Waals surface area contributed by atoms with Crippen LogP contribution in [0.2, 0.25) is 0 Å². The monoisotopic (exact) mass is 837 g/mol. The number of ether oxygens (including phenoxy) is 3. The number of carboxylic acid groups (broad SMARTS) is 1. The van der Waals surface area contributed by atoms with Crippen LogP contribution in [-0.2, 0) is 28.6 Å². The molecule has 0 aliphatic rings. The number of esters is 2. The molecule has 0 aliphatic heterocycles. The van der Waals surface area contributed by atoms with Crippen LogP contribution < -0.4 is 0 Å². The number of unbranched alkanes of at least 4 members (excludes halogenated alkanes) is 30. The van der Waals surface area contributed by atoms with Gasteiger partial charge in [0.25, 0.3) is 0 Å². The maximum absolute atomic E-state index is 12.8. The van der Waals surface area contributed by atoms with Gasteiger partial charge in [0, 0.05) is 19.3 Å². The Hall–Kier alpha value is -1.93. The Labute approximate surface area is 365 Å². The van der Waals surface area contributed by atoms with Gasteiger partial charge in [-0.2, -0.15) is 0 Å². The summed E-state index contributed by atoms with van der Waals surface area (Å²) >= 11 is 0. The normalized spacial score (nSPS) is 12.9. The van der Waals surface area contributed by atoms with Crippen LogP contribution in [0.25, 0.3) is 0 Å². The minimum atomic E-state index is -0.872. The molecular weight excluding hydrogens is 739 g/mol. The van der Waals surface area contributed by atoms with Gasteiger partial charge in [0.15, 0.2) is 12.1 Å². The quantitative estimate of drug-likeness (QED) is 0.0282. The first-order valence-corrected chi connectivity index (χ1v) is 25.2. The van der Waals surface area contributed by atoms with Crippen LogP contribution in [0.5, 0.6) is 0 Å². The Morgan fingerprint density at radius 3 is 1.25 bits per heavy atom. The Kier molecular flexibility index (Phi) is 41.3. The van der Waals surface area contributed by atoms with E-state index in [1.54, 1.807) is 0 Å². The number of allylic oxidation sites excluding steroid dienone is 2. The first-order chi connectivity index (χ1) is 28.6. The lowest BCUT2D eigenvalue weighted by Gasteiger charge is -2.31. The van der Waals surface area contributed by atoms with Crippen molar-refractivity contribution in [3.8, 4) is 0 Å². The fraction of sp³-hybridized carbons (Fsp3) is 0.902. The van der Waals surface area contributed by atoms with Gasteiger partial charge in [-0.15, -0.1) is 0 Å². The molecule has 0 spiro atoms. The highest BCUT2D eigenvalue weighted by Crippen LogP contribution is 2.17. The van der Waals surface area contributed by atoms with Crippen molar-refractivity contribution in [2.75, 3.05) is 41.0 Å². The van der Waals surface area contributed by atoms with Crippen molar-refractivity contribution < 1.29 is 38.2 Å². The van der Waals surface area contributed by atoms with Crippen LogP contribution in [0.4, 0.5) is 0 Å². The Balaban J connectivity index is 4.15. The Morgan fingerprint density at radius 1 is 0.492 bits per heavy atom. The molecule has 2 unspecified atom stereocenters. The van der Waals surface area contributed by atoms with Gasteiger partial charge in [-0.05, 0) is 38.5 Å². The van der Waals surface area contributed by atoms with Crippen LogP contribution in [0, 0.1) is 0 Å². The second-order valence-electron chi connectivity index (χ2n) is 18.4. The van der Waals surface area contributed by atoms with Crippen LogP contribution in [-0.4, -0.2) is 80.6 Å². The highest BCUT2D eigenvalue weighted by molar-refractivity contribution is 5.72. The summed E-state index contributed by atoms with van der Waals surface area (Å²) in [5, 5.41) is 9.64. The lowest BCUT2D eigenvalue weighted by Crippen LogP contribution is -2.50. The van der Waals surface area contributed by atoms with Crippen molar-refractivity contribution in [2.45, 2.75) is 257 Å². The summed E-state index contributed by atoms with van der Waals surface area (Å²) < 4.78 is 17.3. The average molecular weight is 837 g/mol. The minimum absolute atomic E-state index is 0.0493. The summed E-state index contributed by atoms with van der Waals surface area (Å²) in [5.41, 5.74) is 0. The number of nitrogens with zero attached hydrogens (tertiary/aromatic N) is 1. The van der Waals surface area contributed by atoms with Gasteiger partial charge in [0.2, 0.25) is 0 Å². The molecular formula is C51H98NO7+. The molecule has 0 aromatic carbocycles. The highest BCUT2D eigenvalue weighted by atomic mass is 16.6. The molecule has 1 N–H and O–H groups in total. The molecule has 2 atom stereocenters. The van der Waals surface area contributed by atoms with E-state index in [2.05, 4.69) is 26.0 Å². The van der Waals surface area contributed by atoms with Crippen molar-refractivity contribution in [2.24, 2.45) is 0 Å². The van der Waals surface area contributed by atoms with E-state index in [0.717, 1.165) is 44.9 Å². The zero-order chi connectivity index (χ0) is 43.5. The molecule has 0 fully saturated rings. The topological polar surface area (TPSA) is 99.1 Å². The highest BCUT2D eigenvalue weighted by Gasteiger charge is 2.31. The third-order valence-corrected chi connectivity index (χ3v) is 11.7. The van der Waals surface area contributed by atoms with E-state index < -0.39 is 18.1 Å². The number of likely N-dealkylation sites (N-methyl/N-ethyl adjacent to an activating group) is 1. The molecule has 8 nitrogen and oxygen atoms in total. The SMILES string of the molecule is CCCCC/C=C/CCCCCCCC(=O)OCC(COCCC(C(=O)O)[N+](C)(C)C)OC(=O)CCCCCCCCCCCCCCCCCCCCCCCCC. The molecule has 0 saturated carbocycles. The van der Waals surface area contributed by atoms with Gasteiger partial charge in [-0.1, -0.05) is 199 Å². The summed E-state index contributed by atoms with van der Waals surface area (Å²) in [6, 6.07) is -0.611. The van der Waals surface area contributed by atoms with Gasteiger partial charge in [-0.25, -0.2) is 4.79 Å². The standard InChI is InChI=1S/C51H97NO7/c1-6-8-10-12-14-16-18-20-21-22-23-24-25-26-27-28-29-30-32-34-36-38-40-42-50(54)59-47(45-57-44-43-48(51(55)56)52(3,4)5)46-58-49(53)41-39-37-35-33-31-19-17-15-13-11-9-7-2/h15,17,47-48H,6-14,16,18-46H2,1-5H3/p+1/b17-15+. The largest absolute Gasteiger partial charge is 0.477 e.